The monoisotopic (exact) mass is 440 g/mol. The predicted molar refractivity (Wildman–Crippen MR) is 120 cm³/mol. The molecule has 2 saturated heterocycles. The second-order valence-electron chi connectivity index (χ2n) is 9.39. The Bertz CT molecular complexity index is 935. The standard InChI is InChI=1S/C24H32N4O4/c1-3-5-19-21(32-23(25)31)16(2)14-20(26-19)27-12-4-10-24(15-27)11-13-28(22(24)30)17-6-8-18(29)9-7-17/h1,14,17-18,29H,4-13,15H2,2H3,(H2,25,31)/t17?,18?,24-/m1/s1. The van der Waals surface area contributed by atoms with Crippen LogP contribution in [-0.4, -0.2) is 58.8 Å². The lowest BCUT2D eigenvalue weighted by molar-refractivity contribution is -0.139. The number of carbonyl (C=O) groups excluding carboxylic acids is 2. The summed E-state index contributed by atoms with van der Waals surface area (Å²) in [6, 6.07) is 2.12. The third-order valence-corrected chi connectivity index (χ3v) is 7.24. The molecule has 1 aliphatic carbocycles. The SMILES string of the molecule is C#CCc1nc(N2CCC[C@@]3(CCN(C4CCC(O)CC4)C3=O)C2)cc(C)c1OC(N)=O. The lowest BCUT2D eigenvalue weighted by atomic mass is 9.78. The van der Waals surface area contributed by atoms with Crippen LogP contribution in [-0.2, 0) is 11.2 Å². The first-order valence-electron chi connectivity index (χ1n) is 11.5. The van der Waals surface area contributed by atoms with Crippen molar-refractivity contribution in [3.63, 3.8) is 0 Å². The molecule has 1 aromatic rings. The topological polar surface area (TPSA) is 109 Å². The van der Waals surface area contributed by atoms with Gasteiger partial charge in [-0.1, -0.05) is 0 Å². The van der Waals surface area contributed by atoms with Crippen LogP contribution in [0.15, 0.2) is 6.07 Å². The Hall–Kier alpha value is -2.79. The van der Waals surface area contributed by atoms with Crippen LogP contribution in [0.3, 0.4) is 0 Å². The molecule has 8 nitrogen and oxygen atoms in total. The van der Waals surface area contributed by atoms with Crippen LogP contribution in [0.4, 0.5) is 10.6 Å². The van der Waals surface area contributed by atoms with Crippen molar-refractivity contribution in [2.45, 2.75) is 70.4 Å². The molecule has 32 heavy (non-hydrogen) atoms. The van der Waals surface area contributed by atoms with E-state index >= 15 is 0 Å². The van der Waals surface area contributed by atoms with Gasteiger partial charge in [-0.2, -0.15) is 0 Å². The van der Waals surface area contributed by atoms with Gasteiger partial charge in [0.15, 0.2) is 5.75 Å². The van der Waals surface area contributed by atoms with E-state index in [1.165, 1.54) is 0 Å². The van der Waals surface area contributed by atoms with Crippen LogP contribution in [0.2, 0.25) is 0 Å². The second-order valence-corrected chi connectivity index (χ2v) is 9.39. The molecule has 1 spiro atoms. The zero-order chi connectivity index (χ0) is 22.9. The smallest absolute Gasteiger partial charge is 0.408 e. The van der Waals surface area contributed by atoms with E-state index in [-0.39, 0.29) is 24.5 Å². The number of piperidine rings is 1. The molecule has 2 amide bonds. The Morgan fingerprint density at radius 2 is 2.09 bits per heavy atom. The van der Waals surface area contributed by atoms with Gasteiger partial charge in [0, 0.05) is 25.7 Å². The zero-order valence-electron chi connectivity index (χ0n) is 18.7. The molecule has 0 radical (unpaired) electrons. The van der Waals surface area contributed by atoms with Gasteiger partial charge in [0.25, 0.3) is 0 Å². The van der Waals surface area contributed by atoms with E-state index < -0.39 is 11.5 Å². The van der Waals surface area contributed by atoms with Gasteiger partial charge in [0.2, 0.25) is 5.91 Å². The number of amides is 2. The van der Waals surface area contributed by atoms with Gasteiger partial charge in [-0.15, -0.1) is 12.3 Å². The minimum absolute atomic E-state index is 0.219. The lowest BCUT2D eigenvalue weighted by Crippen LogP contribution is -2.50. The number of ether oxygens (including phenoxy) is 1. The first kappa shape index (κ1) is 22.4. The van der Waals surface area contributed by atoms with E-state index in [9.17, 15) is 14.7 Å². The number of hydrogen-bond acceptors (Lipinski definition) is 6. The first-order chi connectivity index (χ1) is 15.3. The Morgan fingerprint density at radius 1 is 1.34 bits per heavy atom. The minimum Gasteiger partial charge on any atom is -0.408 e. The van der Waals surface area contributed by atoms with Crippen LogP contribution in [0.1, 0.15) is 56.2 Å². The van der Waals surface area contributed by atoms with Crippen LogP contribution in [0.25, 0.3) is 0 Å². The van der Waals surface area contributed by atoms with Crippen molar-refractivity contribution in [3.05, 3.63) is 17.3 Å². The summed E-state index contributed by atoms with van der Waals surface area (Å²) in [6.07, 6.45) is 10.5. The molecule has 0 aromatic carbocycles. The fourth-order valence-corrected chi connectivity index (χ4v) is 5.60. The van der Waals surface area contributed by atoms with E-state index in [4.69, 9.17) is 21.9 Å². The number of terminal acetylenes is 1. The number of likely N-dealkylation sites (tertiary alicyclic amines) is 1. The third-order valence-electron chi connectivity index (χ3n) is 7.24. The Kier molecular flexibility index (Phi) is 6.29. The largest absolute Gasteiger partial charge is 0.410 e. The number of pyridine rings is 1. The van der Waals surface area contributed by atoms with Crippen molar-refractivity contribution in [2.24, 2.45) is 11.1 Å². The fourth-order valence-electron chi connectivity index (χ4n) is 5.60. The van der Waals surface area contributed by atoms with Crippen LogP contribution in [0.5, 0.6) is 5.75 Å². The molecule has 0 bridgehead atoms. The van der Waals surface area contributed by atoms with Crippen LogP contribution < -0.4 is 15.4 Å². The second kappa shape index (κ2) is 8.99. The molecule has 2 aliphatic heterocycles. The summed E-state index contributed by atoms with van der Waals surface area (Å²) in [5.74, 6) is 3.87. The lowest BCUT2D eigenvalue weighted by Gasteiger charge is -2.41. The van der Waals surface area contributed by atoms with Gasteiger partial charge < -0.3 is 25.4 Å². The van der Waals surface area contributed by atoms with Crippen molar-refractivity contribution >= 4 is 17.8 Å². The number of aliphatic hydroxyl groups is 1. The average molecular weight is 441 g/mol. The number of aryl methyl sites for hydroxylation is 1. The van der Waals surface area contributed by atoms with Gasteiger partial charge in [-0.25, -0.2) is 9.78 Å². The molecule has 3 heterocycles. The van der Waals surface area contributed by atoms with E-state index in [1.54, 1.807) is 0 Å². The highest BCUT2D eigenvalue weighted by Gasteiger charge is 2.50. The summed E-state index contributed by atoms with van der Waals surface area (Å²) in [7, 11) is 0. The molecule has 1 atom stereocenters. The molecule has 3 aliphatic rings. The van der Waals surface area contributed by atoms with Gasteiger partial charge in [-0.05, 0) is 63.5 Å². The molecule has 8 heteroatoms. The zero-order valence-corrected chi connectivity index (χ0v) is 18.7. The van der Waals surface area contributed by atoms with Crippen LogP contribution in [0, 0.1) is 24.7 Å². The highest BCUT2D eigenvalue weighted by atomic mass is 16.5. The van der Waals surface area contributed by atoms with E-state index in [2.05, 4.69) is 15.7 Å². The van der Waals surface area contributed by atoms with Crippen molar-refractivity contribution in [3.8, 4) is 18.1 Å². The van der Waals surface area contributed by atoms with Gasteiger partial charge in [0.1, 0.15) is 5.82 Å². The summed E-state index contributed by atoms with van der Waals surface area (Å²) < 4.78 is 5.15. The molecule has 4 rings (SSSR count). The number of carbonyl (C=O) groups is 2. The Balaban J connectivity index is 1.55. The van der Waals surface area contributed by atoms with E-state index in [0.717, 1.165) is 69.4 Å². The summed E-state index contributed by atoms with van der Waals surface area (Å²) in [5.41, 5.74) is 6.05. The van der Waals surface area contributed by atoms with E-state index in [1.807, 2.05) is 13.0 Å². The summed E-state index contributed by atoms with van der Waals surface area (Å²) in [6.45, 7) is 4.05. The summed E-state index contributed by atoms with van der Waals surface area (Å²) in [5, 5.41) is 9.83. The highest BCUT2D eigenvalue weighted by molar-refractivity contribution is 5.86. The van der Waals surface area contributed by atoms with Crippen LogP contribution >= 0.6 is 0 Å². The number of nitrogens with zero attached hydrogens (tertiary/aromatic N) is 3. The molecule has 1 saturated carbocycles. The maximum absolute atomic E-state index is 13.6. The predicted octanol–water partition coefficient (Wildman–Crippen LogP) is 2.15. The number of primary amides is 1. The highest BCUT2D eigenvalue weighted by Crippen LogP contribution is 2.43. The number of aromatic nitrogens is 1. The van der Waals surface area contributed by atoms with Crippen molar-refractivity contribution < 1.29 is 19.4 Å². The van der Waals surface area contributed by atoms with E-state index in [0.29, 0.717) is 18.0 Å². The molecule has 1 aromatic heterocycles. The Morgan fingerprint density at radius 3 is 2.78 bits per heavy atom. The minimum atomic E-state index is -0.898. The number of nitrogens with two attached hydrogens (primary N) is 1. The number of anilines is 1. The fraction of sp³-hybridized carbons (Fsp3) is 0.625. The maximum Gasteiger partial charge on any atom is 0.410 e. The molecule has 0 unspecified atom stereocenters. The number of rotatable bonds is 4. The summed E-state index contributed by atoms with van der Waals surface area (Å²) in [4.78, 5) is 33.8. The number of hydrogen-bond donors (Lipinski definition) is 2. The van der Waals surface area contributed by atoms with Crippen molar-refractivity contribution in [1.29, 1.82) is 0 Å². The van der Waals surface area contributed by atoms with Crippen molar-refractivity contribution in [1.82, 2.24) is 9.88 Å². The van der Waals surface area contributed by atoms with Crippen molar-refractivity contribution in [2.75, 3.05) is 24.5 Å². The Labute approximate surface area is 189 Å². The normalized spacial score (nSPS) is 28.1. The van der Waals surface area contributed by atoms with Gasteiger partial charge >= 0.3 is 6.09 Å². The maximum atomic E-state index is 13.6. The third kappa shape index (κ3) is 4.26. The first-order valence-corrected chi connectivity index (χ1v) is 11.5. The van der Waals surface area contributed by atoms with Gasteiger partial charge in [0.05, 0.1) is 23.6 Å². The number of aliphatic hydroxyl groups excluding tert-OH is 1. The van der Waals surface area contributed by atoms with Gasteiger partial charge in [-0.3, -0.25) is 4.79 Å². The summed E-state index contributed by atoms with van der Waals surface area (Å²) >= 11 is 0. The average Bonchev–Trinajstić information content (AvgIpc) is 3.06. The quantitative estimate of drug-likeness (QED) is 0.695. The molecular weight excluding hydrogens is 408 g/mol. The molecule has 3 N–H and O–H groups in total. The molecular formula is C24H32N4O4. The molecule has 3 fully saturated rings. The molecule has 172 valence electrons.